The molecule has 8 rings (SSSR count). The third-order valence-corrected chi connectivity index (χ3v) is 8.88. The van der Waals surface area contributed by atoms with Crippen LogP contribution in [-0.2, 0) is 0 Å². The Labute approximate surface area is 235 Å². The van der Waals surface area contributed by atoms with Gasteiger partial charge in [-0.25, -0.2) is 0 Å². The van der Waals surface area contributed by atoms with Crippen LogP contribution in [0.3, 0.4) is 0 Å². The molecular weight excluding hydrogens is 506 g/mol. The first-order chi connectivity index (χ1) is 19.8. The molecule has 0 fully saturated rings. The third-order valence-electron chi connectivity index (χ3n) is 7.74. The summed E-state index contributed by atoms with van der Waals surface area (Å²) in [5.41, 5.74) is 8.45. The molecule has 0 N–H and O–H groups in total. The van der Waals surface area contributed by atoms with Gasteiger partial charge < -0.3 is 4.42 Å². The molecule has 2 heterocycles. The van der Waals surface area contributed by atoms with E-state index in [0.29, 0.717) is 5.56 Å². The van der Waals surface area contributed by atoms with Crippen LogP contribution in [0.15, 0.2) is 132 Å². The Bertz CT molecular complexity index is 2150. The Hall–Kier alpha value is -5.17. The normalized spacial score (nSPS) is 11.5. The fourth-order valence-corrected chi connectivity index (χ4v) is 7.11. The highest BCUT2D eigenvalue weighted by Gasteiger charge is 2.21. The highest BCUT2D eigenvalue weighted by atomic mass is 32.1. The molecule has 0 radical (unpaired) electrons. The Balaban J connectivity index is 1.52. The molecule has 0 saturated heterocycles. The summed E-state index contributed by atoms with van der Waals surface area (Å²) in [5.74, 6) is 0. The van der Waals surface area contributed by atoms with Crippen LogP contribution >= 0.6 is 11.3 Å². The topological polar surface area (TPSA) is 36.9 Å². The maximum atomic E-state index is 10.8. The van der Waals surface area contributed by atoms with E-state index < -0.39 is 0 Å². The van der Waals surface area contributed by atoms with Crippen LogP contribution in [0, 0.1) is 11.3 Å². The number of hydrogen-bond acceptors (Lipinski definition) is 3. The molecule has 0 unspecified atom stereocenters. The minimum Gasteiger partial charge on any atom is -0.456 e. The summed E-state index contributed by atoms with van der Waals surface area (Å²) in [6, 6.07) is 46.6. The molecule has 40 heavy (non-hydrogen) atoms. The van der Waals surface area contributed by atoms with Crippen molar-refractivity contribution in [2.24, 2.45) is 0 Å². The van der Waals surface area contributed by atoms with E-state index in [1.807, 2.05) is 36.4 Å². The van der Waals surface area contributed by atoms with Gasteiger partial charge in [0.15, 0.2) is 0 Å². The molecule has 0 spiro atoms. The van der Waals surface area contributed by atoms with Crippen molar-refractivity contribution in [2.45, 2.75) is 0 Å². The number of thiophene rings is 1. The minimum absolute atomic E-state index is 0.667. The summed E-state index contributed by atoms with van der Waals surface area (Å²) in [6.45, 7) is 0. The van der Waals surface area contributed by atoms with Crippen LogP contribution in [0.1, 0.15) is 5.56 Å². The van der Waals surface area contributed by atoms with E-state index in [-0.39, 0.29) is 0 Å². The molecule has 0 bridgehead atoms. The second-order valence-corrected chi connectivity index (χ2v) is 11.1. The molecule has 0 saturated carbocycles. The standard InChI is InChI=1S/C37H21NOS/c38-22-31-29(25-14-8-17-33-36(25)27-12-4-6-16-32(27)39-33)20-24(23-10-2-1-3-11-23)21-30(31)26-15-9-19-35-37(26)28-13-5-7-18-34(28)40-35/h1-21H. The van der Waals surface area contributed by atoms with Gasteiger partial charge in [0.25, 0.3) is 0 Å². The molecule has 6 aromatic carbocycles. The highest BCUT2D eigenvalue weighted by molar-refractivity contribution is 7.25. The van der Waals surface area contributed by atoms with Crippen LogP contribution in [0.5, 0.6) is 0 Å². The quantitative estimate of drug-likeness (QED) is 0.229. The molecule has 2 nitrogen and oxygen atoms in total. The zero-order valence-corrected chi connectivity index (χ0v) is 22.2. The van der Waals surface area contributed by atoms with Crippen LogP contribution in [0.25, 0.3) is 75.5 Å². The minimum atomic E-state index is 0.667. The van der Waals surface area contributed by atoms with Crippen molar-refractivity contribution in [3.8, 4) is 39.4 Å². The maximum absolute atomic E-state index is 10.8. The number of furan rings is 1. The number of benzene rings is 6. The van der Waals surface area contributed by atoms with Crippen LogP contribution in [-0.4, -0.2) is 0 Å². The van der Waals surface area contributed by atoms with Gasteiger partial charge in [-0.05, 0) is 58.7 Å². The number of hydrogen-bond donors (Lipinski definition) is 0. The van der Waals surface area contributed by atoms with Gasteiger partial charge in [-0.1, -0.05) is 91.0 Å². The zero-order chi connectivity index (χ0) is 26.6. The molecular formula is C37H21NOS. The second kappa shape index (κ2) is 8.95. The zero-order valence-electron chi connectivity index (χ0n) is 21.4. The Morgan fingerprint density at radius 1 is 0.500 bits per heavy atom. The van der Waals surface area contributed by atoms with Crippen LogP contribution < -0.4 is 0 Å². The van der Waals surface area contributed by atoms with E-state index in [1.165, 1.54) is 20.2 Å². The van der Waals surface area contributed by atoms with Gasteiger partial charge in [0.05, 0.1) is 5.56 Å². The van der Waals surface area contributed by atoms with Crippen molar-refractivity contribution in [1.82, 2.24) is 0 Å². The van der Waals surface area contributed by atoms with E-state index in [1.54, 1.807) is 11.3 Å². The second-order valence-electron chi connectivity index (χ2n) is 9.98. The summed E-state index contributed by atoms with van der Waals surface area (Å²) in [7, 11) is 0. The van der Waals surface area contributed by atoms with Crippen molar-refractivity contribution >= 4 is 53.4 Å². The Morgan fingerprint density at radius 3 is 1.93 bits per heavy atom. The number of fused-ring (bicyclic) bond motifs is 6. The molecule has 186 valence electrons. The highest BCUT2D eigenvalue weighted by Crippen LogP contribution is 2.45. The predicted octanol–water partition coefficient (Wildman–Crippen LogP) is 10.8. The molecule has 8 aromatic rings. The average Bonchev–Trinajstić information content (AvgIpc) is 3.59. The summed E-state index contributed by atoms with van der Waals surface area (Å²) in [6.07, 6.45) is 0. The molecule has 0 aliphatic heterocycles. The third kappa shape index (κ3) is 3.41. The van der Waals surface area contributed by atoms with E-state index in [0.717, 1.165) is 55.3 Å². The lowest BCUT2D eigenvalue weighted by Gasteiger charge is -2.16. The van der Waals surface area contributed by atoms with E-state index in [2.05, 4.69) is 97.1 Å². The summed E-state index contributed by atoms with van der Waals surface area (Å²) < 4.78 is 8.70. The smallest absolute Gasteiger partial charge is 0.136 e. The molecule has 2 aromatic heterocycles. The Kier molecular flexibility index (Phi) is 5.10. The Morgan fingerprint density at radius 2 is 1.12 bits per heavy atom. The van der Waals surface area contributed by atoms with Crippen molar-refractivity contribution < 1.29 is 4.42 Å². The van der Waals surface area contributed by atoms with Gasteiger partial charge in [0.1, 0.15) is 17.2 Å². The summed E-state index contributed by atoms with van der Waals surface area (Å²) >= 11 is 1.79. The maximum Gasteiger partial charge on any atom is 0.136 e. The van der Waals surface area contributed by atoms with Crippen molar-refractivity contribution in [3.63, 3.8) is 0 Å². The number of rotatable bonds is 3. The first-order valence-corrected chi connectivity index (χ1v) is 14.1. The average molecular weight is 528 g/mol. The lowest BCUT2D eigenvalue weighted by Crippen LogP contribution is -1.94. The van der Waals surface area contributed by atoms with Crippen molar-refractivity contribution in [1.29, 1.82) is 5.26 Å². The monoisotopic (exact) mass is 527 g/mol. The SMILES string of the molecule is N#Cc1c(-c2cccc3oc4ccccc4c23)cc(-c2ccccc2)cc1-c1cccc2sc3ccccc3c12. The first kappa shape index (κ1) is 22.8. The summed E-state index contributed by atoms with van der Waals surface area (Å²) in [4.78, 5) is 0. The van der Waals surface area contributed by atoms with Gasteiger partial charge in [-0.2, -0.15) is 5.26 Å². The number of nitrogens with zero attached hydrogens (tertiary/aromatic N) is 1. The summed E-state index contributed by atoms with van der Waals surface area (Å²) in [5, 5.41) is 15.3. The molecule has 0 amide bonds. The molecule has 0 atom stereocenters. The predicted molar refractivity (Wildman–Crippen MR) is 168 cm³/mol. The number of para-hydroxylation sites is 1. The fourth-order valence-electron chi connectivity index (χ4n) is 5.98. The molecule has 0 aliphatic carbocycles. The van der Waals surface area contributed by atoms with E-state index in [4.69, 9.17) is 4.42 Å². The van der Waals surface area contributed by atoms with Gasteiger partial charge in [0.2, 0.25) is 0 Å². The fraction of sp³-hybridized carbons (Fsp3) is 0. The van der Waals surface area contributed by atoms with E-state index >= 15 is 0 Å². The van der Waals surface area contributed by atoms with Crippen LogP contribution in [0.2, 0.25) is 0 Å². The largest absolute Gasteiger partial charge is 0.456 e. The lowest BCUT2D eigenvalue weighted by atomic mass is 9.86. The molecule has 0 aliphatic rings. The van der Waals surface area contributed by atoms with Crippen molar-refractivity contribution in [2.75, 3.05) is 0 Å². The molecule has 3 heteroatoms. The van der Waals surface area contributed by atoms with Gasteiger partial charge in [-0.3, -0.25) is 0 Å². The van der Waals surface area contributed by atoms with E-state index in [9.17, 15) is 5.26 Å². The van der Waals surface area contributed by atoms with Gasteiger partial charge in [-0.15, -0.1) is 11.3 Å². The van der Waals surface area contributed by atoms with Crippen molar-refractivity contribution in [3.05, 3.63) is 133 Å². The van der Waals surface area contributed by atoms with Crippen LogP contribution in [0.4, 0.5) is 0 Å². The number of nitriles is 1. The first-order valence-electron chi connectivity index (χ1n) is 13.2. The van der Waals surface area contributed by atoms with Gasteiger partial charge in [0, 0.05) is 42.1 Å². The lowest BCUT2D eigenvalue weighted by molar-refractivity contribution is 0.669. The van der Waals surface area contributed by atoms with Gasteiger partial charge >= 0.3 is 0 Å².